The van der Waals surface area contributed by atoms with E-state index in [9.17, 15) is 4.79 Å². The summed E-state index contributed by atoms with van der Waals surface area (Å²) < 4.78 is 10.5. The summed E-state index contributed by atoms with van der Waals surface area (Å²) in [4.78, 5) is 11.9. The van der Waals surface area contributed by atoms with Crippen molar-refractivity contribution in [2.24, 2.45) is 0 Å². The zero-order chi connectivity index (χ0) is 14.1. The van der Waals surface area contributed by atoms with Crippen LogP contribution in [0.4, 0.5) is 0 Å². The fraction of sp³-hybridized carbons (Fsp3) is 0.118. The Morgan fingerprint density at radius 1 is 1.05 bits per heavy atom. The van der Waals surface area contributed by atoms with Crippen LogP contribution in [-0.2, 0) is 4.74 Å². The molecule has 0 aliphatic carbocycles. The molecule has 0 atom stereocenters. The van der Waals surface area contributed by atoms with Gasteiger partial charge in [-0.1, -0.05) is 29.8 Å². The molecule has 0 N–H and O–H groups in total. The Hall–Kier alpha value is -2.55. The van der Waals surface area contributed by atoms with Crippen LogP contribution in [-0.4, -0.2) is 13.1 Å². The second-order valence-corrected chi connectivity index (χ2v) is 4.72. The van der Waals surface area contributed by atoms with Gasteiger partial charge in [-0.05, 0) is 36.8 Å². The molecular weight excluding hydrogens is 252 g/mol. The molecule has 0 amide bonds. The molecule has 3 rings (SSSR count). The largest absolute Gasteiger partial charge is 0.497 e. The number of fused-ring (bicyclic) bond motifs is 1. The van der Waals surface area contributed by atoms with Gasteiger partial charge in [0.2, 0.25) is 0 Å². The summed E-state index contributed by atoms with van der Waals surface area (Å²) >= 11 is 0. The summed E-state index contributed by atoms with van der Waals surface area (Å²) in [5, 5.41) is 0. The van der Waals surface area contributed by atoms with Crippen LogP contribution in [0.3, 0.4) is 0 Å². The van der Waals surface area contributed by atoms with E-state index in [-0.39, 0.29) is 5.97 Å². The van der Waals surface area contributed by atoms with Crippen molar-refractivity contribution in [3.63, 3.8) is 0 Å². The lowest BCUT2D eigenvalue weighted by molar-refractivity contribution is 0.0717. The maximum Gasteiger partial charge on any atom is 0.344 e. The van der Waals surface area contributed by atoms with E-state index in [4.69, 9.17) is 9.47 Å². The monoisotopic (exact) mass is 266 g/mol. The summed E-state index contributed by atoms with van der Waals surface area (Å²) in [5.74, 6) is 0.894. The van der Waals surface area contributed by atoms with E-state index in [1.807, 2.05) is 49.4 Å². The minimum Gasteiger partial charge on any atom is -0.497 e. The fourth-order valence-corrected chi connectivity index (χ4v) is 2.17. The number of hydrogen-bond donors (Lipinski definition) is 0. The highest BCUT2D eigenvalue weighted by Gasteiger charge is 2.26. The number of cyclic esters (lactones) is 1. The highest BCUT2D eigenvalue weighted by Crippen LogP contribution is 2.33. The lowest BCUT2D eigenvalue weighted by Gasteiger charge is -2.01. The molecule has 0 saturated carbocycles. The number of rotatable bonds is 2. The highest BCUT2D eigenvalue weighted by atomic mass is 16.5. The molecule has 0 aromatic heterocycles. The minimum atomic E-state index is -0.336. The first-order chi connectivity index (χ1) is 9.67. The Bertz CT molecular complexity index is 697. The number of ether oxygens (including phenoxy) is 2. The summed E-state index contributed by atoms with van der Waals surface area (Å²) in [6, 6.07) is 13.4. The number of carbonyl (C=O) groups excluding carboxylic acids is 1. The summed E-state index contributed by atoms with van der Waals surface area (Å²) in [6.07, 6.45) is 1.87. The first-order valence-corrected chi connectivity index (χ1v) is 6.36. The molecule has 0 unspecified atom stereocenters. The molecule has 1 aliphatic heterocycles. The molecule has 2 aromatic carbocycles. The van der Waals surface area contributed by atoms with Crippen molar-refractivity contribution in [2.45, 2.75) is 6.92 Å². The molecule has 3 nitrogen and oxygen atoms in total. The van der Waals surface area contributed by atoms with Gasteiger partial charge in [-0.2, -0.15) is 0 Å². The van der Waals surface area contributed by atoms with Crippen LogP contribution in [0.1, 0.15) is 27.0 Å². The van der Waals surface area contributed by atoms with Crippen molar-refractivity contribution in [1.82, 2.24) is 0 Å². The first-order valence-electron chi connectivity index (χ1n) is 6.36. The van der Waals surface area contributed by atoms with Crippen LogP contribution in [0.5, 0.6) is 5.75 Å². The van der Waals surface area contributed by atoms with Gasteiger partial charge in [0, 0.05) is 5.56 Å². The molecule has 3 heteroatoms. The van der Waals surface area contributed by atoms with Gasteiger partial charge < -0.3 is 9.47 Å². The van der Waals surface area contributed by atoms with Crippen molar-refractivity contribution in [2.75, 3.05) is 7.11 Å². The Morgan fingerprint density at radius 2 is 1.80 bits per heavy atom. The van der Waals surface area contributed by atoms with Gasteiger partial charge in [0.25, 0.3) is 0 Å². The van der Waals surface area contributed by atoms with Crippen molar-refractivity contribution < 1.29 is 14.3 Å². The molecule has 1 aliphatic rings. The van der Waals surface area contributed by atoms with Crippen molar-refractivity contribution >= 4 is 17.8 Å². The normalized spacial score (nSPS) is 15.1. The number of methoxy groups -OCH3 is 1. The third kappa shape index (κ3) is 2.18. The predicted octanol–water partition coefficient (Wildman–Crippen LogP) is 3.67. The Labute approximate surface area is 117 Å². The summed E-state index contributed by atoms with van der Waals surface area (Å²) in [7, 11) is 1.57. The highest BCUT2D eigenvalue weighted by molar-refractivity contribution is 6.06. The smallest absolute Gasteiger partial charge is 0.344 e. The van der Waals surface area contributed by atoms with Crippen molar-refractivity contribution in [1.29, 1.82) is 0 Å². The van der Waals surface area contributed by atoms with Crippen LogP contribution >= 0.6 is 0 Å². The van der Waals surface area contributed by atoms with Crippen LogP contribution in [0.15, 0.2) is 42.5 Å². The average Bonchev–Trinajstić information content (AvgIpc) is 2.77. The van der Waals surface area contributed by atoms with Gasteiger partial charge in [-0.15, -0.1) is 0 Å². The Morgan fingerprint density at radius 3 is 2.50 bits per heavy atom. The molecule has 100 valence electrons. The SMILES string of the molecule is COc1ccc2c(c1)C(=O)OC2=Cc1ccc(C)cc1. The lowest BCUT2D eigenvalue weighted by Crippen LogP contribution is -1.94. The van der Waals surface area contributed by atoms with E-state index >= 15 is 0 Å². The van der Waals surface area contributed by atoms with Crippen LogP contribution in [0, 0.1) is 6.92 Å². The van der Waals surface area contributed by atoms with Crippen LogP contribution in [0.25, 0.3) is 11.8 Å². The average molecular weight is 266 g/mol. The van der Waals surface area contributed by atoms with E-state index in [1.165, 1.54) is 5.56 Å². The molecule has 2 aromatic rings. The van der Waals surface area contributed by atoms with Gasteiger partial charge in [-0.25, -0.2) is 4.79 Å². The summed E-state index contributed by atoms with van der Waals surface area (Å²) in [5.41, 5.74) is 3.54. The lowest BCUT2D eigenvalue weighted by atomic mass is 10.1. The quantitative estimate of drug-likeness (QED) is 0.778. The van der Waals surface area contributed by atoms with Crippen molar-refractivity contribution in [3.05, 3.63) is 64.7 Å². The van der Waals surface area contributed by atoms with E-state index in [1.54, 1.807) is 13.2 Å². The molecule has 1 heterocycles. The second-order valence-electron chi connectivity index (χ2n) is 4.72. The third-order valence-corrected chi connectivity index (χ3v) is 3.29. The van der Waals surface area contributed by atoms with Crippen LogP contribution in [0.2, 0.25) is 0 Å². The summed E-state index contributed by atoms with van der Waals surface area (Å²) in [6.45, 7) is 2.04. The van der Waals surface area contributed by atoms with E-state index in [2.05, 4.69) is 0 Å². The minimum absolute atomic E-state index is 0.336. The van der Waals surface area contributed by atoms with Gasteiger partial charge >= 0.3 is 5.97 Å². The molecule has 0 radical (unpaired) electrons. The maximum absolute atomic E-state index is 11.9. The predicted molar refractivity (Wildman–Crippen MR) is 77.5 cm³/mol. The number of carbonyl (C=O) groups is 1. The van der Waals surface area contributed by atoms with E-state index in [0.717, 1.165) is 11.1 Å². The number of benzene rings is 2. The number of aryl methyl sites for hydroxylation is 1. The van der Waals surface area contributed by atoms with Gasteiger partial charge in [0.05, 0.1) is 12.7 Å². The van der Waals surface area contributed by atoms with Crippen LogP contribution < -0.4 is 4.74 Å². The molecule has 0 bridgehead atoms. The molecule has 20 heavy (non-hydrogen) atoms. The molecule has 0 spiro atoms. The standard InChI is InChI=1S/C17H14O3/c1-11-3-5-12(6-4-11)9-16-14-8-7-13(19-2)10-15(14)17(18)20-16/h3-10H,1-2H3. The molecule has 0 fully saturated rings. The topological polar surface area (TPSA) is 35.5 Å². The molecular formula is C17H14O3. The Kier molecular flexibility index (Phi) is 3.03. The number of esters is 1. The maximum atomic E-state index is 11.9. The van der Waals surface area contributed by atoms with E-state index in [0.29, 0.717) is 17.1 Å². The zero-order valence-electron chi connectivity index (χ0n) is 11.3. The van der Waals surface area contributed by atoms with Gasteiger partial charge in [0.1, 0.15) is 11.5 Å². The molecule has 0 saturated heterocycles. The second kappa shape index (κ2) is 4.85. The Balaban J connectivity index is 2.02. The fourth-order valence-electron chi connectivity index (χ4n) is 2.17. The van der Waals surface area contributed by atoms with E-state index < -0.39 is 0 Å². The number of hydrogen-bond acceptors (Lipinski definition) is 3. The third-order valence-electron chi connectivity index (χ3n) is 3.29. The van der Waals surface area contributed by atoms with Gasteiger partial charge in [0.15, 0.2) is 0 Å². The zero-order valence-corrected chi connectivity index (χ0v) is 11.3. The van der Waals surface area contributed by atoms with Gasteiger partial charge in [-0.3, -0.25) is 0 Å². The van der Waals surface area contributed by atoms with Crippen molar-refractivity contribution in [3.8, 4) is 5.75 Å². The first kappa shape index (κ1) is 12.5.